The van der Waals surface area contributed by atoms with Gasteiger partial charge >= 0.3 is 0 Å². The lowest BCUT2D eigenvalue weighted by molar-refractivity contribution is -0.135. The molecule has 0 aromatic carbocycles. The Kier molecular flexibility index (Phi) is 16.8. The van der Waals surface area contributed by atoms with E-state index in [1.54, 1.807) is 0 Å². The van der Waals surface area contributed by atoms with Crippen LogP contribution in [0.4, 0.5) is 0 Å². The van der Waals surface area contributed by atoms with Gasteiger partial charge in [0, 0.05) is 26.1 Å². The minimum atomic E-state index is 0.372. The summed E-state index contributed by atoms with van der Waals surface area (Å²) in [6.07, 6.45) is 22.9. The Morgan fingerprint density at radius 3 is 1.82 bits per heavy atom. The summed E-state index contributed by atoms with van der Waals surface area (Å²) in [6, 6.07) is 0. The van der Waals surface area contributed by atoms with Crippen LogP contribution in [0.15, 0.2) is 0 Å². The van der Waals surface area contributed by atoms with E-state index >= 15 is 0 Å². The number of unbranched alkanes of at least 4 members (excludes halogenated alkanes) is 13. The quantitative estimate of drug-likeness (QED) is 0.247. The van der Waals surface area contributed by atoms with E-state index in [1.807, 2.05) is 0 Å². The van der Waals surface area contributed by atoms with Crippen molar-refractivity contribution in [3.05, 3.63) is 0 Å². The van der Waals surface area contributed by atoms with Gasteiger partial charge in [-0.05, 0) is 25.3 Å². The van der Waals surface area contributed by atoms with Crippen LogP contribution in [0.5, 0.6) is 0 Å². The van der Waals surface area contributed by atoms with Crippen LogP contribution in [0.1, 0.15) is 123 Å². The van der Waals surface area contributed by atoms with Gasteiger partial charge in [-0.1, -0.05) is 104 Å². The van der Waals surface area contributed by atoms with Crippen molar-refractivity contribution in [1.82, 2.24) is 10.2 Å². The molecule has 0 aromatic heterocycles. The molecule has 1 N–H and O–H groups in total. The normalized spacial score (nSPS) is 17.4. The van der Waals surface area contributed by atoms with Crippen LogP contribution in [-0.4, -0.2) is 37.0 Å². The molecule has 1 aliphatic rings. The van der Waals surface area contributed by atoms with Gasteiger partial charge in [0.2, 0.25) is 5.91 Å². The van der Waals surface area contributed by atoms with Gasteiger partial charge in [0.1, 0.15) is 0 Å². The summed E-state index contributed by atoms with van der Waals surface area (Å²) in [5, 5.41) is 3.53. The third-order valence-corrected chi connectivity index (χ3v) is 6.47. The Labute approximate surface area is 176 Å². The van der Waals surface area contributed by atoms with Crippen LogP contribution in [0, 0.1) is 5.92 Å². The topological polar surface area (TPSA) is 32.3 Å². The van der Waals surface area contributed by atoms with E-state index in [1.165, 1.54) is 96.3 Å². The largest absolute Gasteiger partial charge is 0.341 e. The Balaban J connectivity index is 1.75. The fraction of sp³-hybridized carbons (Fsp3) is 0.960. The van der Waals surface area contributed by atoms with Gasteiger partial charge in [-0.15, -0.1) is 0 Å². The first-order chi connectivity index (χ1) is 13.8. The van der Waals surface area contributed by atoms with Crippen molar-refractivity contribution in [2.24, 2.45) is 5.92 Å². The second-order valence-electron chi connectivity index (χ2n) is 8.99. The first kappa shape index (κ1) is 25.5. The number of hydrogen-bond donors (Lipinski definition) is 1. The molecule has 166 valence electrons. The minimum Gasteiger partial charge on any atom is -0.341 e. The van der Waals surface area contributed by atoms with Gasteiger partial charge in [0.05, 0.1) is 0 Å². The molecule has 0 bridgehead atoms. The zero-order valence-electron chi connectivity index (χ0n) is 19.3. The highest BCUT2D eigenvalue weighted by atomic mass is 16.2. The first-order valence-corrected chi connectivity index (χ1v) is 12.8. The molecule has 0 aromatic rings. The fourth-order valence-corrected chi connectivity index (χ4v) is 4.31. The monoisotopic (exact) mass is 394 g/mol. The molecule has 3 nitrogen and oxygen atoms in total. The SMILES string of the molecule is CCCCCCCCCCCCCCCCNCCN1CCC(CC)CC1=O. The third-order valence-electron chi connectivity index (χ3n) is 6.47. The molecule has 1 atom stereocenters. The number of hydrogen-bond acceptors (Lipinski definition) is 2. The minimum absolute atomic E-state index is 0.372. The molecule has 0 radical (unpaired) electrons. The number of rotatable bonds is 19. The van der Waals surface area contributed by atoms with Gasteiger partial charge in [0.25, 0.3) is 0 Å². The van der Waals surface area contributed by atoms with E-state index in [0.717, 1.165) is 39.0 Å². The van der Waals surface area contributed by atoms with Gasteiger partial charge < -0.3 is 10.2 Å². The average Bonchev–Trinajstić information content (AvgIpc) is 2.71. The zero-order valence-corrected chi connectivity index (χ0v) is 19.3. The average molecular weight is 395 g/mol. The van der Waals surface area contributed by atoms with E-state index in [0.29, 0.717) is 11.8 Å². The Morgan fingerprint density at radius 1 is 0.786 bits per heavy atom. The maximum Gasteiger partial charge on any atom is 0.222 e. The number of amides is 1. The molecule has 0 aliphatic carbocycles. The van der Waals surface area contributed by atoms with E-state index in [4.69, 9.17) is 0 Å². The summed E-state index contributed by atoms with van der Waals surface area (Å²) in [6.45, 7) is 8.42. The molecule has 0 spiro atoms. The molecule has 1 unspecified atom stereocenters. The van der Waals surface area contributed by atoms with Gasteiger partial charge in [-0.25, -0.2) is 0 Å². The number of carbonyl (C=O) groups is 1. The molecule has 28 heavy (non-hydrogen) atoms. The van der Waals surface area contributed by atoms with Crippen LogP contribution in [-0.2, 0) is 4.79 Å². The maximum absolute atomic E-state index is 12.1. The predicted molar refractivity (Wildman–Crippen MR) is 123 cm³/mol. The van der Waals surface area contributed by atoms with E-state index in [9.17, 15) is 4.79 Å². The number of piperidine rings is 1. The van der Waals surface area contributed by atoms with Crippen LogP contribution >= 0.6 is 0 Å². The second-order valence-corrected chi connectivity index (χ2v) is 8.99. The van der Waals surface area contributed by atoms with E-state index in [-0.39, 0.29) is 0 Å². The van der Waals surface area contributed by atoms with Crippen molar-refractivity contribution in [2.75, 3.05) is 26.2 Å². The Morgan fingerprint density at radius 2 is 1.32 bits per heavy atom. The van der Waals surface area contributed by atoms with Crippen LogP contribution in [0.25, 0.3) is 0 Å². The Bertz CT molecular complexity index is 358. The van der Waals surface area contributed by atoms with Crippen LogP contribution < -0.4 is 5.32 Å². The van der Waals surface area contributed by atoms with Gasteiger partial charge in [-0.2, -0.15) is 0 Å². The van der Waals surface area contributed by atoms with Crippen molar-refractivity contribution < 1.29 is 4.79 Å². The first-order valence-electron chi connectivity index (χ1n) is 12.8. The van der Waals surface area contributed by atoms with Gasteiger partial charge in [0.15, 0.2) is 0 Å². The highest BCUT2D eigenvalue weighted by molar-refractivity contribution is 5.77. The number of nitrogens with one attached hydrogen (secondary N) is 1. The third kappa shape index (κ3) is 13.6. The molecule has 1 aliphatic heterocycles. The van der Waals surface area contributed by atoms with E-state index < -0.39 is 0 Å². The smallest absolute Gasteiger partial charge is 0.222 e. The van der Waals surface area contributed by atoms with Crippen molar-refractivity contribution in [3.8, 4) is 0 Å². The molecule has 3 heteroatoms. The molecule has 0 saturated carbocycles. The summed E-state index contributed by atoms with van der Waals surface area (Å²) in [4.78, 5) is 14.1. The fourth-order valence-electron chi connectivity index (χ4n) is 4.31. The van der Waals surface area contributed by atoms with Crippen LogP contribution in [0.2, 0.25) is 0 Å². The summed E-state index contributed by atoms with van der Waals surface area (Å²) in [7, 11) is 0. The molecule has 1 rings (SSSR count). The number of nitrogens with zero attached hydrogens (tertiary/aromatic N) is 1. The molecule has 1 amide bonds. The highest BCUT2D eigenvalue weighted by Crippen LogP contribution is 2.20. The molecule has 1 fully saturated rings. The number of likely N-dealkylation sites (tertiary alicyclic amines) is 1. The lowest BCUT2D eigenvalue weighted by atomic mass is 9.94. The predicted octanol–water partition coefficient (Wildman–Crippen LogP) is 6.71. The molecular weight excluding hydrogens is 344 g/mol. The zero-order chi connectivity index (χ0) is 20.3. The van der Waals surface area contributed by atoms with Crippen molar-refractivity contribution >= 4 is 5.91 Å². The number of carbonyl (C=O) groups excluding carboxylic acids is 1. The lowest BCUT2D eigenvalue weighted by Gasteiger charge is -2.31. The summed E-state index contributed by atoms with van der Waals surface area (Å²) >= 11 is 0. The standard InChI is InChI=1S/C25H50N2O/c1-3-5-6-7-8-9-10-11-12-13-14-15-16-17-19-26-20-22-27-21-18-24(4-2)23-25(27)28/h24,26H,3-23H2,1-2H3. The molecule has 1 heterocycles. The maximum atomic E-state index is 12.1. The lowest BCUT2D eigenvalue weighted by Crippen LogP contribution is -2.42. The van der Waals surface area contributed by atoms with E-state index in [2.05, 4.69) is 24.1 Å². The Hall–Kier alpha value is -0.570. The van der Waals surface area contributed by atoms with Crippen molar-refractivity contribution in [2.45, 2.75) is 123 Å². The van der Waals surface area contributed by atoms with Crippen molar-refractivity contribution in [1.29, 1.82) is 0 Å². The molecular formula is C25H50N2O. The summed E-state index contributed by atoms with van der Waals surface area (Å²) in [5.41, 5.74) is 0. The van der Waals surface area contributed by atoms with Gasteiger partial charge in [-0.3, -0.25) is 4.79 Å². The highest BCUT2D eigenvalue weighted by Gasteiger charge is 2.23. The molecule has 1 saturated heterocycles. The second kappa shape index (κ2) is 18.5. The summed E-state index contributed by atoms with van der Waals surface area (Å²) < 4.78 is 0. The van der Waals surface area contributed by atoms with Crippen LogP contribution in [0.3, 0.4) is 0 Å². The van der Waals surface area contributed by atoms with Crippen molar-refractivity contribution in [3.63, 3.8) is 0 Å². The summed E-state index contributed by atoms with van der Waals surface area (Å²) in [5.74, 6) is 1.00.